The highest BCUT2D eigenvalue weighted by Crippen LogP contribution is 2.11. The third-order valence-electron chi connectivity index (χ3n) is 2.41. The largest absolute Gasteiger partial charge is 0.369 e. The second-order valence-electron chi connectivity index (χ2n) is 3.83. The smallest absolute Gasteiger partial charge is 0.230 e. The van der Waals surface area contributed by atoms with Crippen LogP contribution in [-0.2, 0) is 4.79 Å². The maximum atomic E-state index is 10.7. The lowest BCUT2D eigenvalue weighted by atomic mass is 10.1. The quantitative estimate of drug-likeness (QED) is 0.452. The first-order valence-electron chi connectivity index (χ1n) is 5.66. The lowest BCUT2D eigenvalue weighted by molar-refractivity contribution is -0.117. The van der Waals surface area contributed by atoms with E-state index < -0.39 is 0 Å². The van der Waals surface area contributed by atoms with E-state index in [0.29, 0.717) is 0 Å². The predicted octanol–water partition coefficient (Wildman–Crippen LogP) is 2.91. The molecule has 0 saturated heterocycles. The fraction of sp³-hybridized carbons (Fsp3) is 0.909. The Hall–Kier alpha value is -0.180. The lowest BCUT2D eigenvalue weighted by Gasteiger charge is -2.05. The number of hydrogen-bond donors (Lipinski definition) is 2. The molecule has 0 aromatic heterocycles. The summed E-state index contributed by atoms with van der Waals surface area (Å²) >= 11 is 4.11. The number of hydrogen-bond acceptors (Lipinski definition) is 2. The number of thiol groups is 1. The van der Waals surface area contributed by atoms with Crippen LogP contribution in [0.3, 0.4) is 0 Å². The number of rotatable bonds is 9. The molecule has 0 fully saturated rings. The Labute approximate surface area is 93.0 Å². The molecule has 1 unspecified atom stereocenters. The third-order valence-corrected chi connectivity index (χ3v) is 2.92. The second kappa shape index (κ2) is 9.38. The van der Waals surface area contributed by atoms with Crippen molar-refractivity contribution < 1.29 is 4.79 Å². The zero-order chi connectivity index (χ0) is 10.8. The molecule has 84 valence electrons. The van der Waals surface area contributed by atoms with Gasteiger partial charge in [0.1, 0.15) is 0 Å². The van der Waals surface area contributed by atoms with Gasteiger partial charge in [-0.2, -0.15) is 12.6 Å². The summed E-state index contributed by atoms with van der Waals surface area (Å²) in [4.78, 5) is 10.7. The molecule has 1 atom stereocenters. The van der Waals surface area contributed by atoms with Gasteiger partial charge in [-0.1, -0.05) is 51.9 Å². The molecule has 0 radical (unpaired) electrons. The Morgan fingerprint density at radius 3 is 2.14 bits per heavy atom. The second-order valence-corrected chi connectivity index (χ2v) is 4.45. The van der Waals surface area contributed by atoms with E-state index in [1.54, 1.807) is 0 Å². The molecule has 0 heterocycles. The summed E-state index contributed by atoms with van der Waals surface area (Å²) in [7, 11) is 0. The van der Waals surface area contributed by atoms with Crippen LogP contribution in [0.4, 0.5) is 0 Å². The van der Waals surface area contributed by atoms with E-state index >= 15 is 0 Å². The highest BCUT2D eigenvalue weighted by atomic mass is 32.1. The van der Waals surface area contributed by atoms with E-state index in [-0.39, 0.29) is 11.2 Å². The Bertz CT molecular complexity index is 150. The first-order chi connectivity index (χ1) is 6.68. The number of primary amides is 1. The summed E-state index contributed by atoms with van der Waals surface area (Å²) in [5, 5.41) is -0.245. The van der Waals surface area contributed by atoms with Gasteiger partial charge in [0, 0.05) is 0 Å². The molecular formula is C11H23NOS. The van der Waals surface area contributed by atoms with Gasteiger partial charge >= 0.3 is 0 Å². The lowest BCUT2D eigenvalue weighted by Crippen LogP contribution is -2.23. The SMILES string of the molecule is CCCCCCCCCC(S)C(N)=O. The van der Waals surface area contributed by atoms with Gasteiger partial charge in [-0.05, 0) is 6.42 Å². The number of unbranched alkanes of at least 4 members (excludes halogenated alkanes) is 6. The molecule has 0 rings (SSSR count). The van der Waals surface area contributed by atoms with Crippen LogP contribution < -0.4 is 5.73 Å². The van der Waals surface area contributed by atoms with Crippen LogP contribution in [0, 0.1) is 0 Å². The van der Waals surface area contributed by atoms with E-state index in [4.69, 9.17) is 5.73 Å². The Balaban J connectivity index is 3.09. The van der Waals surface area contributed by atoms with Crippen LogP contribution in [0.25, 0.3) is 0 Å². The number of amides is 1. The van der Waals surface area contributed by atoms with Crippen molar-refractivity contribution in [2.24, 2.45) is 5.73 Å². The molecule has 3 heteroatoms. The van der Waals surface area contributed by atoms with Crippen molar-refractivity contribution in [1.29, 1.82) is 0 Å². The zero-order valence-electron chi connectivity index (χ0n) is 9.17. The average Bonchev–Trinajstić information content (AvgIpc) is 2.16. The molecule has 0 aliphatic carbocycles. The Kier molecular flexibility index (Phi) is 9.26. The maximum absolute atomic E-state index is 10.7. The van der Waals surface area contributed by atoms with E-state index in [1.165, 1.54) is 38.5 Å². The van der Waals surface area contributed by atoms with Gasteiger partial charge in [0.25, 0.3) is 0 Å². The van der Waals surface area contributed by atoms with Crippen molar-refractivity contribution in [3.8, 4) is 0 Å². The van der Waals surface area contributed by atoms with Crippen LogP contribution >= 0.6 is 12.6 Å². The molecule has 2 nitrogen and oxygen atoms in total. The average molecular weight is 217 g/mol. The molecule has 0 aliphatic rings. The minimum atomic E-state index is -0.292. The summed E-state index contributed by atoms with van der Waals surface area (Å²) in [6, 6.07) is 0. The van der Waals surface area contributed by atoms with Gasteiger partial charge in [0.2, 0.25) is 5.91 Å². The molecule has 0 aromatic carbocycles. The van der Waals surface area contributed by atoms with Crippen LogP contribution in [0.5, 0.6) is 0 Å². The maximum Gasteiger partial charge on any atom is 0.230 e. The summed E-state index contributed by atoms with van der Waals surface area (Å²) < 4.78 is 0. The minimum Gasteiger partial charge on any atom is -0.369 e. The monoisotopic (exact) mass is 217 g/mol. The third kappa shape index (κ3) is 8.42. The zero-order valence-corrected chi connectivity index (χ0v) is 10.1. The van der Waals surface area contributed by atoms with Crippen LogP contribution in [0.15, 0.2) is 0 Å². The first-order valence-corrected chi connectivity index (χ1v) is 6.17. The summed E-state index contributed by atoms with van der Waals surface area (Å²) in [6.45, 7) is 2.22. The summed E-state index contributed by atoms with van der Waals surface area (Å²) in [6.07, 6.45) is 9.68. The van der Waals surface area contributed by atoms with Gasteiger partial charge < -0.3 is 5.73 Å². The molecule has 0 bridgehead atoms. The summed E-state index contributed by atoms with van der Waals surface area (Å²) in [5.74, 6) is -0.292. The fourth-order valence-electron chi connectivity index (χ4n) is 1.44. The van der Waals surface area contributed by atoms with E-state index in [0.717, 1.165) is 12.8 Å². The number of carbonyl (C=O) groups excluding carboxylic acids is 1. The van der Waals surface area contributed by atoms with Crippen molar-refractivity contribution >= 4 is 18.5 Å². The Morgan fingerprint density at radius 2 is 1.64 bits per heavy atom. The summed E-state index contributed by atoms with van der Waals surface area (Å²) in [5.41, 5.74) is 5.10. The number of nitrogens with two attached hydrogens (primary N) is 1. The highest BCUT2D eigenvalue weighted by molar-refractivity contribution is 7.81. The fourth-order valence-corrected chi connectivity index (χ4v) is 1.62. The van der Waals surface area contributed by atoms with Crippen LogP contribution in [0.1, 0.15) is 58.3 Å². The molecular weight excluding hydrogens is 194 g/mol. The molecule has 0 aromatic rings. The molecule has 0 spiro atoms. The molecule has 2 N–H and O–H groups in total. The minimum absolute atomic E-state index is 0.245. The van der Waals surface area contributed by atoms with Gasteiger partial charge in [-0.3, -0.25) is 4.79 Å². The van der Waals surface area contributed by atoms with Gasteiger partial charge in [0.05, 0.1) is 5.25 Å². The molecule has 0 aliphatic heterocycles. The van der Waals surface area contributed by atoms with Gasteiger partial charge in [-0.25, -0.2) is 0 Å². The first kappa shape index (κ1) is 13.8. The van der Waals surface area contributed by atoms with E-state index in [1.807, 2.05) is 0 Å². The molecule has 0 saturated carbocycles. The molecule has 1 amide bonds. The van der Waals surface area contributed by atoms with E-state index in [2.05, 4.69) is 19.6 Å². The Morgan fingerprint density at radius 1 is 1.14 bits per heavy atom. The predicted molar refractivity (Wildman–Crippen MR) is 64.6 cm³/mol. The normalized spacial score (nSPS) is 12.7. The topological polar surface area (TPSA) is 43.1 Å². The van der Waals surface area contributed by atoms with Crippen molar-refractivity contribution in [3.05, 3.63) is 0 Å². The van der Waals surface area contributed by atoms with Crippen molar-refractivity contribution in [3.63, 3.8) is 0 Å². The van der Waals surface area contributed by atoms with Crippen LogP contribution in [-0.4, -0.2) is 11.2 Å². The van der Waals surface area contributed by atoms with Crippen molar-refractivity contribution in [2.75, 3.05) is 0 Å². The van der Waals surface area contributed by atoms with Gasteiger partial charge in [0.15, 0.2) is 0 Å². The highest BCUT2D eigenvalue weighted by Gasteiger charge is 2.07. The standard InChI is InChI=1S/C11H23NOS/c1-2-3-4-5-6-7-8-9-10(14)11(12)13/h10,14H,2-9H2,1H3,(H2,12,13). The van der Waals surface area contributed by atoms with Crippen molar-refractivity contribution in [2.45, 2.75) is 63.5 Å². The number of carbonyl (C=O) groups is 1. The van der Waals surface area contributed by atoms with Gasteiger partial charge in [-0.15, -0.1) is 0 Å². The van der Waals surface area contributed by atoms with Crippen molar-refractivity contribution in [1.82, 2.24) is 0 Å². The van der Waals surface area contributed by atoms with Crippen LogP contribution in [0.2, 0.25) is 0 Å². The molecule has 14 heavy (non-hydrogen) atoms. The van der Waals surface area contributed by atoms with E-state index in [9.17, 15) is 4.79 Å².